The molecule has 0 saturated heterocycles. The Morgan fingerprint density at radius 3 is 2.79 bits per heavy atom. The van der Waals surface area contributed by atoms with Crippen LogP contribution in [0.25, 0.3) is 0 Å². The van der Waals surface area contributed by atoms with E-state index in [0.717, 1.165) is 5.56 Å². The van der Waals surface area contributed by atoms with Crippen LogP contribution in [-0.4, -0.2) is 35.9 Å². The van der Waals surface area contributed by atoms with E-state index in [9.17, 15) is 14.9 Å². The smallest absolute Gasteiger partial charge is 0.269 e. The number of hydrogen-bond acceptors (Lipinski definition) is 4. The maximum atomic E-state index is 11.5. The van der Waals surface area contributed by atoms with Gasteiger partial charge in [-0.3, -0.25) is 19.8 Å². The van der Waals surface area contributed by atoms with Crippen LogP contribution in [0.5, 0.6) is 0 Å². The second kappa shape index (κ2) is 6.84. The van der Waals surface area contributed by atoms with Crippen LogP contribution in [0.4, 0.5) is 5.69 Å². The predicted molar refractivity (Wildman–Crippen MR) is 72.8 cm³/mol. The van der Waals surface area contributed by atoms with E-state index in [1.165, 1.54) is 6.07 Å². The normalized spacial score (nSPS) is 12.2. The van der Waals surface area contributed by atoms with Gasteiger partial charge in [0, 0.05) is 24.7 Å². The van der Waals surface area contributed by atoms with Crippen molar-refractivity contribution in [2.24, 2.45) is 0 Å². The maximum absolute atomic E-state index is 11.5. The number of likely N-dealkylation sites (N-methyl/N-ethyl adjacent to an activating group) is 2. The summed E-state index contributed by atoms with van der Waals surface area (Å²) < 4.78 is 0. The Morgan fingerprint density at radius 1 is 1.53 bits per heavy atom. The fraction of sp³-hybridized carbons (Fsp3) is 0.462. The molecule has 0 fully saturated rings. The molecule has 0 aliphatic heterocycles. The van der Waals surface area contributed by atoms with Crippen LogP contribution in [0.1, 0.15) is 25.5 Å². The van der Waals surface area contributed by atoms with Gasteiger partial charge >= 0.3 is 0 Å². The molecule has 0 aliphatic carbocycles. The molecule has 0 aliphatic rings. The fourth-order valence-electron chi connectivity index (χ4n) is 1.77. The van der Waals surface area contributed by atoms with Crippen molar-refractivity contribution in [3.8, 4) is 0 Å². The van der Waals surface area contributed by atoms with E-state index < -0.39 is 4.92 Å². The number of carbonyl (C=O) groups is 1. The Hall–Kier alpha value is -1.95. The lowest BCUT2D eigenvalue weighted by atomic mass is 10.1. The van der Waals surface area contributed by atoms with Crippen molar-refractivity contribution in [1.82, 2.24) is 10.2 Å². The summed E-state index contributed by atoms with van der Waals surface area (Å²) in [5.41, 5.74) is 0.886. The number of nitrogens with zero attached hydrogens (tertiary/aromatic N) is 2. The Bertz CT molecular complexity index is 462. The van der Waals surface area contributed by atoms with Crippen molar-refractivity contribution in [2.75, 3.05) is 20.1 Å². The number of hydrogen-bond donors (Lipinski definition) is 1. The van der Waals surface area contributed by atoms with E-state index in [0.29, 0.717) is 6.54 Å². The van der Waals surface area contributed by atoms with Gasteiger partial charge in [-0.1, -0.05) is 12.1 Å². The number of rotatable bonds is 6. The molecular formula is C13H19N3O3. The highest BCUT2D eigenvalue weighted by Gasteiger charge is 2.16. The zero-order valence-electron chi connectivity index (χ0n) is 11.4. The molecular weight excluding hydrogens is 246 g/mol. The molecule has 6 heteroatoms. The SMILES string of the molecule is CCNC(=O)CN(C)C(C)c1cccc([N+](=O)[O-])c1. The molecule has 104 valence electrons. The van der Waals surface area contributed by atoms with E-state index in [4.69, 9.17) is 0 Å². The first kappa shape index (κ1) is 15.1. The number of nitrogens with one attached hydrogen (secondary N) is 1. The Balaban J connectivity index is 2.76. The molecule has 0 spiro atoms. The molecule has 1 aromatic rings. The summed E-state index contributed by atoms with van der Waals surface area (Å²) >= 11 is 0. The number of benzene rings is 1. The zero-order valence-corrected chi connectivity index (χ0v) is 11.4. The molecule has 0 aromatic heterocycles. The lowest BCUT2D eigenvalue weighted by molar-refractivity contribution is -0.384. The molecule has 19 heavy (non-hydrogen) atoms. The van der Waals surface area contributed by atoms with Crippen LogP contribution in [0.2, 0.25) is 0 Å². The van der Waals surface area contributed by atoms with Crippen molar-refractivity contribution in [1.29, 1.82) is 0 Å². The summed E-state index contributed by atoms with van der Waals surface area (Å²) in [6.45, 7) is 4.63. The monoisotopic (exact) mass is 265 g/mol. The number of non-ortho nitro benzene ring substituents is 1. The standard InChI is InChI=1S/C13H19N3O3/c1-4-14-13(17)9-15(3)10(2)11-6-5-7-12(8-11)16(18)19/h5-8,10H,4,9H2,1-3H3,(H,14,17). The molecule has 0 radical (unpaired) electrons. The summed E-state index contributed by atoms with van der Waals surface area (Å²) in [6.07, 6.45) is 0. The summed E-state index contributed by atoms with van der Waals surface area (Å²) in [5, 5.41) is 13.5. The van der Waals surface area contributed by atoms with Gasteiger partial charge in [0.2, 0.25) is 5.91 Å². The maximum Gasteiger partial charge on any atom is 0.269 e. The number of amides is 1. The largest absolute Gasteiger partial charge is 0.355 e. The van der Waals surface area contributed by atoms with Crippen LogP contribution >= 0.6 is 0 Å². The summed E-state index contributed by atoms with van der Waals surface area (Å²) in [4.78, 5) is 23.7. The average Bonchev–Trinajstić information content (AvgIpc) is 2.38. The molecule has 0 bridgehead atoms. The number of nitro groups is 1. The molecule has 1 aromatic carbocycles. The zero-order chi connectivity index (χ0) is 14.4. The Morgan fingerprint density at radius 2 is 2.21 bits per heavy atom. The average molecular weight is 265 g/mol. The highest BCUT2D eigenvalue weighted by Crippen LogP contribution is 2.22. The van der Waals surface area contributed by atoms with E-state index in [1.807, 2.05) is 31.9 Å². The molecule has 0 heterocycles. The van der Waals surface area contributed by atoms with Crippen LogP contribution in [0, 0.1) is 10.1 Å². The molecule has 1 rings (SSSR count). The van der Waals surface area contributed by atoms with Crippen molar-refractivity contribution in [2.45, 2.75) is 19.9 Å². The quantitative estimate of drug-likeness (QED) is 0.627. The van der Waals surface area contributed by atoms with Gasteiger partial charge in [-0.15, -0.1) is 0 Å². The van der Waals surface area contributed by atoms with Gasteiger partial charge in [0.15, 0.2) is 0 Å². The predicted octanol–water partition coefficient (Wildman–Crippen LogP) is 1.72. The van der Waals surface area contributed by atoms with Crippen LogP contribution in [0.3, 0.4) is 0 Å². The van der Waals surface area contributed by atoms with Crippen molar-refractivity contribution in [3.05, 3.63) is 39.9 Å². The molecule has 1 amide bonds. The van der Waals surface area contributed by atoms with Gasteiger partial charge < -0.3 is 5.32 Å². The van der Waals surface area contributed by atoms with Crippen LogP contribution < -0.4 is 5.32 Å². The molecule has 0 saturated carbocycles. The number of carbonyl (C=O) groups excluding carboxylic acids is 1. The Labute approximate surface area is 112 Å². The fourth-order valence-corrected chi connectivity index (χ4v) is 1.77. The van der Waals surface area contributed by atoms with Crippen LogP contribution in [-0.2, 0) is 4.79 Å². The van der Waals surface area contributed by atoms with E-state index in [2.05, 4.69) is 5.32 Å². The molecule has 6 nitrogen and oxygen atoms in total. The minimum absolute atomic E-state index is 0.0534. The van der Waals surface area contributed by atoms with E-state index >= 15 is 0 Å². The molecule has 1 atom stereocenters. The second-order valence-electron chi connectivity index (χ2n) is 4.40. The Kier molecular flexibility index (Phi) is 5.44. The third-order valence-corrected chi connectivity index (χ3v) is 2.99. The molecule has 1 unspecified atom stereocenters. The third-order valence-electron chi connectivity index (χ3n) is 2.99. The number of nitro benzene ring substituents is 1. The first-order chi connectivity index (χ1) is 8.95. The van der Waals surface area contributed by atoms with Gasteiger partial charge in [0.1, 0.15) is 0 Å². The summed E-state index contributed by atoms with van der Waals surface area (Å²) in [7, 11) is 1.82. The topological polar surface area (TPSA) is 75.5 Å². The van der Waals surface area contributed by atoms with Gasteiger partial charge in [-0.05, 0) is 26.5 Å². The summed E-state index contributed by atoms with van der Waals surface area (Å²) in [5.74, 6) is -0.0534. The third kappa shape index (κ3) is 4.33. The lowest BCUT2D eigenvalue weighted by Gasteiger charge is -2.24. The highest BCUT2D eigenvalue weighted by molar-refractivity contribution is 5.77. The van der Waals surface area contributed by atoms with Crippen molar-refractivity contribution >= 4 is 11.6 Å². The van der Waals surface area contributed by atoms with E-state index in [-0.39, 0.29) is 24.2 Å². The minimum Gasteiger partial charge on any atom is -0.355 e. The van der Waals surface area contributed by atoms with Gasteiger partial charge in [-0.2, -0.15) is 0 Å². The van der Waals surface area contributed by atoms with Crippen molar-refractivity contribution in [3.63, 3.8) is 0 Å². The van der Waals surface area contributed by atoms with Gasteiger partial charge in [0.25, 0.3) is 5.69 Å². The van der Waals surface area contributed by atoms with Crippen LogP contribution in [0.15, 0.2) is 24.3 Å². The first-order valence-electron chi connectivity index (χ1n) is 6.17. The van der Waals surface area contributed by atoms with Gasteiger partial charge in [0.05, 0.1) is 11.5 Å². The summed E-state index contributed by atoms with van der Waals surface area (Å²) in [6, 6.07) is 6.41. The molecule has 1 N–H and O–H groups in total. The van der Waals surface area contributed by atoms with E-state index in [1.54, 1.807) is 12.1 Å². The van der Waals surface area contributed by atoms with Gasteiger partial charge in [-0.25, -0.2) is 0 Å². The highest BCUT2D eigenvalue weighted by atomic mass is 16.6. The van der Waals surface area contributed by atoms with Crippen molar-refractivity contribution < 1.29 is 9.72 Å². The lowest BCUT2D eigenvalue weighted by Crippen LogP contribution is -2.36. The second-order valence-corrected chi connectivity index (χ2v) is 4.40. The minimum atomic E-state index is -0.417. The first-order valence-corrected chi connectivity index (χ1v) is 6.17.